The van der Waals surface area contributed by atoms with Gasteiger partial charge in [0.25, 0.3) is 0 Å². The predicted molar refractivity (Wildman–Crippen MR) is 54.9 cm³/mol. The molecular formula is C12H15FO. The minimum absolute atomic E-state index is 0.0234. The van der Waals surface area contributed by atoms with E-state index in [2.05, 4.69) is 0 Å². The summed E-state index contributed by atoms with van der Waals surface area (Å²) in [6, 6.07) is 5.02. The van der Waals surface area contributed by atoms with E-state index in [0.717, 1.165) is 5.56 Å². The van der Waals surface area contributed by atoms with Crippen LogP contribution in [-0.2, 0) is 4.79 Å². The number of carbonyl (C=O) groups excluding carboxylic acids is 1. The Morgan fingerprint density at radius 1 is 1.50 bits per heavy atom. The molecule has 0 aliphatic rings. The van der Waals surface area contributed by atoms with Gasteiger partial charge in [0.15, 0.2) is 0 Å². The molecule has 0 spiro atoms. The Bertz CT molecular complexity index is 344. The van der Waals surface area contributed by atoms with Crippen LogP contribution in [0.5, 0.6) is 0 Å². The Kier molecular flexibility index (Phi) is 3.39. The van der Waals surface area contributed by atoms with Gasteiger partial charge < -0.3 is 0 Å². The molecule has 0 N–H and O–H groups in total. The minimum Gasteiger partial charge on any atom is -0.299 e. The molecule has 0 fully saturated rings. The number of carbonyl (C=O) groups is 1. The zero-order valence-electron chi connectivity index (χ0n) is 8.80. The Morgan fingerprint density at radius 2 is 2.14 bits per heavy atom. The number of benzene rings is 1. The highest BCUT2D eigenvalue weighted by molar-refractivity contribution is 5.83. The Hall–Kier alpha value is -1.18. The van der Waals surface area contributed by atoms with E-state index in [1.54, 1.807) is 6.07 Å². The lowest BCUT2D eigenvalue weighted by Crippen LogP contribution is -2.09. The van der Waals surface area contributed by atoms with Crippen molar-refractivity contribution >= 4 is 5.78 Å². The molecule has 0 amide bonds. The van der Waals surface area contributed by atoms with E-state index in [1.165, 1.54) is 13.0 Å². The standard InChI is InChI=1S/C12H15FO/c1-4-10(9(3)14)11-6-5-8(2)7-12(11)13/h5-7,10H,4H2,1-3H3/t10-/m0/s1. The molecule has 76 valence electrons. The maximum Gasteiger partial charge on any atom is 0.137 e. The highest BCUT2D eigenvalue weighted by Crippen LogP contribution is 2.23. The van der Waals surface area contributed by atoms with Crippen molar-refractivity contribution in [1.82, 2.24) is 0 Å². The molecule has 0 saturated heterocycles. The molecule has 0 aliphatic heterocycles. The zero-order valence-corrected chi connectivity index (χ0v) is 8.80. The molecular weight excluding hydrogens is 179 g/mol. The van der Waals surface area contributed by atoms with E-state index in [-0.39, 0.29) is 17.5 Å². The second-order valence-corrected chi connectivity index (χ2v) is 3.60. The van der Waals surface area contributed by atoms with Crippen molar-refractivity contribution in [3.8, 4) is 0 Å². The van der Waals surface area contributed by atoms with Crippen LogP contribution in [0.4, 0.5) is 4.39 Å². The lowest BCUT2D eigenvalue weighted by molar-refractivity contribution is -0.118. The number of rotatable bonds is 3. The second kappa shape index (κ2) is 4.36. The molecule has 1 aromatic carbocycles. The summed E-state index contributed by atoms with van der Waals surface area (Å²) in [5.41, 5.74) is 1.40. The first-order valence-electron chi connectivity index (χ1n) is 4.82. The molecule has 0 unspecified atom stereocenters. The first kappa shape index (κ1) is 10.9. The van der Waals surface area contributed by atoms with Crippen LogP contribution in [0.25, 0.3) is 0 Å². The van der Waals surface area contributed by atoms with Crippen LogP contribution in [0.1, 0.15) is 37.3 Å². The molecule has 1 atom stereocenters. The largest absolute Gasteiger partial charge is 0.299 e. The van der Waals surface area contributed by atoms with Gasteiger partial charge in [-0.15, -0.1) is 0 Å². The number of hydrogen-bond donors (Lipinski definition) is 0. The molecule has 2 heteroatoms. The van der Waals surface area contributed by atoms with Gasteiger partial charge in [0.05, 0.1) is 0 Å². The van der Waals surface area contributed by atoms with Crippen molar-refractivity contribution in [2.75, 3.05) is 0 Å². The van der Waals surface area contributed by atoms with Gasteiger partial charge in [-0.2, -0.15) is 0 Å². The molecule has 0 saturated carbocycles. The number of halogens is 1. The monoisotopic (exact) mass is 194 g/mol. The third-order valence-corrected chi connectivity index (χ3v) is 2.43. The van der Waals surface area contributed by atoms with Crippen LogP contribution < -0.4 is 0 Å². The summed E-state index contributed by atoms with van der Waals surface area (Å²) >= 11 is 0. The van der Waals surface area contributed by atoms with Gasteiger partial charge in [0, 0.05) is 5.92 Å². The van der Waals surface area contributed by atoms with Crippen LogP contribution in [0.15, 0.2) is 18.2 Å². The fourth-order valence-corrected chi connectivity index (χ4v) is 1.64. The van der Waals surface area contributed by atoms with Gasteiger partial charge in [-0.3, -0.25) is 4.79 Å². The van der Waals surface area contributed by atoms with Crippen molar-refractivity contribution in [2.24, 2.45) is 0 Å². The van der Waals surface area contributed by atoms with Gasteiger partial charge >= 0.3 is 0 Å². The van der Waals surface area contributed by atoms with Crippen molar-refractivity contribution in [3.05, 3.63) is 35.1 Å². The third kappa shape index (κ3) is 2.19. The molecule has 1 aromatic rings. The molecule has 1 nitrogen and oxygen atoms in total. The second-order valence-electron chi connectivity index (χ2n) is 3.60. The summed E-state index contributed by atoms with van der Waals surface area (Å²) in [5, 5.41) is 0. The van der Waals surface area contributed by atoms with Gasteiger partial charge in [0.1, 0.15) is 11.6 Å². The zero-order chi connectivity index (χ0) is 10.7. The Balaban J connectivity index is 3.10. The quantitative estimate of drug-likeness (QED) is 0.722. The molecule has 1 rings (SSSR count). The number of Topliss-reactive ketones (excluding diaryl/α,β-unsaturated/α-hetero) is 1. The smallest absolute Gasteiger partial charge is 0.137 e. The highest BCUT2D eigenvalue weighted by Gasteiger charge is 2.17. The maximum absolute atomic E-state index is 13.5. The van der Waals surface area contributed by atoms with E-state index >= 15 is 0 Å². The van der Waals surface area contributed by atoms with Crippen molar-refractivity contribution in [3.63, 3.8) is 0 Å². The summed E-state index contributed by atoms with van der Waals surface area (Å²) in [7, 11) is 0. The fraction of sp³-hybridized carbons (Fsp3) is 0.417. The van der Waals surface area contributed by atoms with Crippen LogP contribution in [0.2, 0.25) is 0 Å². The minimum atomic E-state index is -0.296. The molecule has 0 bridgehead atoms. The first-order valence-corrected chi connectivity index (χ1v) is 4.82. The Morgan fingerprint density at radius 3 is 2.57 bits per heavy atom. The average Bonchev–Trinajstić information content (AvgIpc) is 2.09. The lowest BCUT2D eigenvalue weighted by atomic mass is 9.92. The fourth-order valence-electron chi connectivity index (χ4n) is 1.64. The molecule has 0 aliphatic carbocycles. The van der Waals surface area contributed by atoms with Gasteiger partial charge in [-0.25, -0.2) is 4.39 Å². The van der Waals surface area contributed by atoms with Gasteiger partial charge in [0.2, 0.25) is 0 Å². The Labute approximate surface area is 83.9 Å². The normalized spacial score (nSPS) is 12.6. The van der Waals surface area contributed by atoms with E-state index in [4.69, 9.17) is 0 Å². The summed E-state index contributed by atoms with van der Waals surface area (Å²) < 4.78 is 13.5. The van der Waals surface area contributed by atoms with E-state index in [9.17, 15) is 9.18 Å². The number of hydrogen-bond acceptors (Lipinski definition) is 1. The SMILES string of the molecule is CC[C@@H](C(C)=O)c1ccc(C)cc1F. The van der Waals surface area contributed by atoms with E-state index < -0.39 is 0 Å². The lowest BCUT2D eigenvalue weighted by Gasteiger charge is -2.12. The van der Waals surface area contributed by atoms with Crippen molar-refractivity contribution < 1.29 is 9.18 Å². The molecule has 0 radical (unpaired) electrons. The summed E-state index contributed by atoms with van der Waals surface area (Å²) in [6.07, 6.45) is 0.648. The maximum atomic E-state index is 13.5. The van der Waals surface area contributed by atoms with Crippen LogP contribution in [0, 0.1) is 12.7 Å². The average molecular weight is 194 g/mol. The molecule has 0 heterocycles. The number of ketones is 1. The van der Waals surface area contributed by atoms with Gasteiger partial charge in [-0.05, 0) is 37.5 Å². The summed E-state index contributed by atoms with van der Waals surface area (Å²) in [6.45, 7) is 5.24. The van der Waals surface area contributed by atoms with Crippen LogP contribution in [0.3, 0.4) is 0 Å². The van der Waals surface area contributed by atoms with Crippen LogP contribution >= 0.6 is 0 Å². The van der Waals surface area contributed by atoms with Crippen molar-refractivity contribution in [1.29, 1.82) is 0 Å². The van der Waals surface area contributed by atoms with E-state index in [0.29, 0.717) is 12.0 Å². The molecule has 14 heavy (non-hydrogen) atoms. The van der Waals surface area contributed by atoms with E-state index in [1.807, 2.05) is 19.9 Å². The first-order chi connectivity index (χ1) is 6.56. The summed E-state index contributed by atoms with van der Waals surface area (Å²) in [4.78, 5) is 11.2. The topological polar surface area (TPSA) is 17.1 Å². The third-order valence-electron chi connectivity index (χ3n) is 2.43. The van der Waals surface area contributed by atoms with Crippen molar-refractivity contribution in [2.45, 2.75) is 33.1 Å². The molecule has 0 aromatic heterocycles. The van der Waals surface area contributed by atoms with Crippen LogP contribution in [-0.4, -0.2) is 5.78 Å². The summed E-state index contributed by atoms with van der Waals surface area (Å²) in [5.74, 6) is -0.544. The predicted octanol–water partition coefficient (Wildman–Crippen LogP) is 3.22. The number of aryl methyl sites for hydroxylation is 1. The highest BCUT2D eigenvalue weighted by atomic mass is 19.1. The van der Waals surface area contributed by atoms with Gasteiger partial charge in [-0.1, -0.05) is 19.1 Å².